The molecule has 7 nitrogen and oxygen atoms in total. The summed E-state index contributed by atoms with van der Waals surface area (Å²) in [7, 11) is 1.69. The van der Waals surface area contributed by atoms with Crippen LogP contribution in [0.1, 0.15) is 24.6 Å². The molecule has 8 heteroatoms. The molecule has 0 atom stereocenters. The van der Waals surface area contributed by atoms with Crippen molar-refractivity contribution in [2.24, 2.45) is 0 Å². The molecule has 1 aromatic carbocycles. The average molecular weight is 382 g/mol. The largest absolute Gasteiger partial charge is 0.490 e. The number of rotatable bonds is 5. The predicted octanol–water partition coefficient (Wildman–Crippen LogP) is 3.54. The fraction of sp³-hybridized carbons (Fsp3) is 0.421. The summed E-state index contributed by atoms with van der Waals surface area (Å²) >= 11 is 1.98. The molecule has 1 aliphatic carbocycles. The molecule has 5 rings (SSSR count). The Labute approximate surface area is 161 Å². The van der Waals surface area contributed by atoms with Crippen molar-refractivity contribution in [3.8, 4) is 5.75 Å². The molecule has 2 fully saturated rings. The highest BCUT2D eigenvalue weighted by Crippen LogP contribution is 2.43. The molecule has 2 N–H and O–H groups in total. The van der Waals surface area contributed by atoms with Gasteiger partial charge >= 0.3 is 0 Å². The van der Waals surface area contributed by atoms with Gasteiger partial charge in [0, 0.05) is 35.9 Å². The molecule has 0 radical (unpaired) electrons. The van der Waals surface area contributed by atoms with E-state index in [1.165, 1.54) is 0 Å². The van der Waals surface area contributed by atoms with Crippen molar-refractivity contribution in [1.82, 2.24) is 20.2 Å². The Morgan fingerprint density at radius 2 is 1.96 bits per heavy atom. The van der Waals surface area contributed by atoms with Crippen LogP contribution in [-0.4, -0.2) is 51.9 Å². The second kappa shape index (κ2) is 6.92. The van der Waals surface area contributed by atoms with E-state index in [9.17, 15) is 0 Å². The molecular formula is C19H22N6OS. The monoisotopic (exact) mass is 382 g/mol. The molecule has 2 aromatic heterocycles. The number of hydrogen-bond donors (Lipinski definition) is 2. The van der Waals surface area contributed by atoms with E-state index in [-0.39, 0.29) is 0 Å². The summed E-state index contributed by atoms with van der Waals surface area (Å²) in [5, 5.41) is 11.9. The summed E-state index contributed by atoms with van der Waals surface area (Å²) in [6.45, 7) is 1.96. The van der Waals surface area contributed by atoms with Gasteiger partial charge in [-0.2, -0.15) is 16.9 Å². The number of hydrogen-bond acceptors (Lipinski definition) is 7. The Morgan fingerprint density at radius 1 is 1.15 bits per heavy atom. The number of fused-ring (bicyclic) bond motifs is 1. The zero-order valence-electron chi connectivity index (χ0n) is 15.2. The predicted molar refractivity (Wildman–Crippen MR) is 109 cm³/mol. The van der Waals surface area contributed by atoms with Gasteiger partial charge in [0.2, 0.25) is 5.75 Å². The van der Waals surface area contributed by atoms with Crippen LogP contribution in [0.25, 0.3) is 10.9 Å². The van der Waals surface area contributed by atoms with Crippen molar-refractivity contribution in [3.05, 3.63) is 30.1 Å². The van der Waals surface area contributed by atoms with Gasteiger partial charge in [0.1, 0.15) is 5.82 Å². The molecule has 3 heterocycles. The number of nitrogens with one attached hydrogen (secondary N) is 2. The van der Waals surface area contributed by atoms with Crippen LogP contribution in [0.15, 0.2) is 24.3 Å². The summed E-state index contributed by atoms with van der Waals surface area (Å²) in [4.78, 5) is 12.0. The second-order valence-corrected chi connectivity index (χ2v) is 8.13. The van der Waals surface area contributed by atoms with Gasteiger partial charge in [0.15, 0.2) is 17.5 Å². The lowest BCUT2D eigenvalue weighted by atomic mass is 10.2. The van der Waals surface area contributed by atoms with E-state index >= 15 is 0 Å². The van der Waals surface area contributed by atoms with E-state index in [0.29, 0.717) is 17.5 Å². The maximum atomic E-state index is 5.77. The minimum absolute atomic E-state index is 0.463. The third kappa shape index (κ3) is 3.18. The zero-order valence-corrected chi connectivity index (χ0v) is 16.1. The van der Waals surface area contributed by atoms with Gasteiger partial charge in [0.25, 0.3) is 0 Å². The standard InChI is InChI=1S/C19H22N6OS/c1-26-15-18(21-17-13-4-2-3-5-14(13)23-24-17)20-16(12-6-7-12)22-19(15)25-8-10-27-11-9-25/h2-5,12H,6-11H2,1H3,(H2,20,21,22,23,24). The Kier molecular flexibility index (Phi) is 4.27. The van der Waals surface area contributed by atoms with Crippen LogP contribution in [0.4, 0.5) is 17.5 Å². The summed E-state index contributed by atoms with van der Waals surface area (Å²) in [6.07, 6.45) is 2.32. The van der Waals surface area contributed by atoms with Crippen molar-refractivity contribution >= 4 is 40.1 Å². The fourth-order valence-electron chi connectivity index (χ4n) is 3.41. The first-order valence-corrected chi connectivity index (χ1v) is 10.5. The Bertz CT molecular complexity index is 964. The number of nitrogens with zero attached hydrogens (tertiary/aromatic N) is 4. The molecule has 0 spiro atoms. The lowest BCUT2D eigenvalue weighted by molar-refractivity contribution is 0.412. The van der Waals surface area contributed by atoms with Gasteiger partial charge in [-0.15, -0.1) is 0 Å². The SMILES string of the molecule is COc1c(Nc2n[nH]c3ccccc23)nc(C2CC2)nc1N1CCSCC1. The average Bonchev–Trinajstić information content (AvgIpc) is 3.50. The molecule has 1 saturated carbocycles. The molecule has 3 aromatic rings. The number of thioether (sulfide) groups is 1. The minimum Gasteiger partial charge on any atom is -0.490 e. The number of H-pyrrole nitrogens is 1. The number of methoxy groups -OCH3 is 1. The van der Waals surface area contributed by atoms with Crippen LogP contribution < -0.4 is 15.0 Å². The highest BCUT2D eigenvalue weighted by Gasteiger charge is 2.31. The number of benzene rings is 1. The van der Waals surface area contributed by atoms with E-state index in [1.54, 1.807) is 7.11 Å². The Hall–Kier alpha value is -2.48. The zero-order chi connectivity index (χ0) is 18.2. The van der Waals surface area contributed by atoms with Gasteiger partial charge < -0.3 is 15.0 Å². The van der Waals surface area contributed by atoms with Crippen molar-refractivity contribution < 1.29 is 4.74 Å². The summed E-state index contributed by atoms with van der Waals surface area (Å²) in [6, 6.07) is 8.05. The number of aromatic amines is 1. The number of anilines is 3. The maximum Gasteiger partial charge on any atom is 0.204 e. The quantitative estimate of drug-likeness (QED) is 0.699. The first-order valence-electron chi connectivity index (χ1n) is 9.32. The van der Waals surface area contributed by atoms with Crippen LogP contribution in [0.5, 0.6) is 5.75 Å². The molecule has 0 unspecified atom stereocenters. The first kappa shape index (κ1) is 16.7. The van der Waals surface area contributed by atoms with Crippen LogP contribution in [-0.2, 0) is 0 Å². The number of ether oxygens (including phenoxy) is 1. The third-order valence-electron chi connectivity index (χ3n) is 5.03. The second-order valence-electron chi connectivity index (χ2n) is 6.90. The highest BCUT2D eigenvalue weighted by molar-refractivity contribution is 7.99. The fourth-order valence-corrected chi connectivity index (χ4v) is 4.32. The smallest absolute Gasteiger partial charge is 0.204 e. The Balaban J connectivity index is 1.58. The number of para-hydroxylation sites is 1. The van der Waals surface area contributed by atoms with Crippen molar-refractivity contribution in [2.75, 3.05) is 41.9 Å². The van der Waals surface area contributed by atoms with Crippen LogP contribution in [0.3, 0.4) is 0 Å². The molecule has 27 heavy (non-hydrogen) atoms. The van der Waals surface area contributed by atoms with Gasteiger partial charge in [0.05, 0.1) is 12.6 Å². The third-order valence-corrected chi connectivity index (χ3v) is 5.97. The topological polar surface area (TPSA) is 79.0 Å². The van der Waals surface area contributed by atoms with Gasteiger partial charge in [-0.3, -0.25) is 5.10 Å². The van der Waals surface area contributed by atoms with Gasteiger partial charge in [-0.05, 0) is 25.0 Å². The van der Waals surface area contributed by atoms with Gasteiger partial charge in [-0.1, -0.05) is 12.1 Å². The van der Waals surface area contributed by atoms with E-state index in [2.05, 4.69) is 20.4 Å². The summed E-state index contributed by atoms with van der Waals surface area (Å²) in [5.74, 6) is 6.63. The maximum absolute atomic E-state index is 5.77. The van der Waals surface area contributed by atoms with E-state index < -0.39 is 0 Å². The molecule has 1 aliphatic heterocycles. The molecule has 0 bridgehead atoms. The van der Waals surface area contributed by atoms with Crippen LogP contribution >= 0.6 is 11.8 Å². The van der Waals surface area contributed by atoms with Crippen molar-refractivity contribution in [2.45, 2.75) is 18.8 Å². The van der Waals surface area contributed by atoms with Gasteiger partial charge in [-0.25, -0.2) is 9.97 Å². The first-order chi connectivity index (χ1) is 13.3. The summed E-state index contributed by atoms with van der Waals surface area (Å²) in [5.41, 5.74) is 0.990. The normalized spacial score (nSPS) is 17.3. The molecular weight excluding hydrogens is 360 g/mol. The summed E-state index contributed by atoms with van der Waals surface area (Å²) < 4.78 is 5.77. The van der Waals surface area contributed by atoms with Crippen LogP contribution in [0.2, 0.25) is 0 Å². The van der Waals surface area contributed by atoms with E-state index in [0.717, 1.165) is 65.8 Å². The lowest BCUT2D eigenvalue weighted by Crippen LogP contribution is -2.33. The van der Waals surface area contributed by atoms with E-state index in [1.807, 2.05) is 36.0 Å². The molecule has 140 valence electrons. The minimum atomic E-state index is 0.463. The highest BCUT2D eigenvalue weighted by atomic mass is 32.2. The van der Waals surface area contributed by atoms with Crippen molar-refractivity contribution in [1.29, 1.82) is 0 Å². The molecule has 0 amide bonds. The molecule has 2 aliphatic rings. The van der Waals surface area contributed by atoms with E-state index in [4.69, 9.17) is 14.7 Å². The van der Waals surface area contributed by atoms with Crippen molar-refractivity contribution in [3.63, 3.8) is 0 Å². The van der Waals surface area contributed by atoms with Crippen LogP contribution in [0, 0.1) is 0 Å². The molecule has 1 saturated heterocycles. The Morgan fingerprint density at radius 3 is 2.74 bits per heavy atom. The number of aromatic nitrogens is 4. The lowest BCUT2D eigenvalue weighted by Gasteiger charge is -2.29.